The highest BCUT2D eigenvalue weighted by molar-refractivity contribution is 5.96. The standard InChI is InChI=1S/2C9H12N2O2.C8H9FN2O.C7H7NO3.2C6H4FNO2/c2*1-11(2)9(12)7-5-4-6-10-8(7)13-3;1-11(2)8(12)6-4-3-5-10-7(6)9;1-11-6-5(7(9)10)3-2-4-8-6;2*7-5-4(6(9)10)2-1-3-8-5/h2*4-6H,1-3H3;3-5H,1-2H3;2-4H,1H3,(H,9,10);2*1-3H,(H,9,10). The summed E-state index contributed by atoms with van der Waals surface area (Å²) < 4.78 is 52.2. The largest absolute Gasteiger partial charge is 0.480 e. The van der Waals surface area contributed by atoms with Gasteiger partial charge in [0.15, 0.2) is 0 Å². The summed E-state index contributed by atoms with van der Waals surface area (Å²) in [4.78, 5) is 90.5. The number of pyridine rings is 6. The van der Waals surface area contributed by atoms with Crippen molar-refractivity contribution >= 4 is 35.6 Å². The lowest BCUT2D eigenvalue weighted by Crippen LogP contribution is -2.23. The molecule has 6 aromatic heterocycles. The van der Waals surface area contributed by atoms with E-state index in [0.717, 1.165) is 12.1 Å². The van der Waals surface area contributed by atoms with E-state index in [9.17, 15) is 41.9 Å². The number of aromatic carboxylic acids is 3. The molecule has 69 heavy (non-hydrogen) atoms. The van der Waals surface area contributed by atoms with Gasteiger partial charge in [-0.05, 0) is 72.8 Å². The van der Waals surface area contributed by atoms with Gasteiger partial charge in [-0.15, -0.1) is 0 Å². The first-order chi connectivity index (χ1) is 32.6. The molecule has 0 aromatic carbocycles. The number of ether oxygens (including phenoxy) is 3. The molecule has 366 valence electrons. The fraction of sp³-hybridized carbons (Fsp3) is 0.200. The third-order valence-corrected chi connectivity index (χ3v) is 7.77. The Morgan fingerprint density at radius 2 is 0.594 bits per heavy atom. The quantitative estimate of drug-likeness (QED) is 0.158. The van der Waals surface area contributed by atoms with E-state index in [1.807, 2.05) is 0 Å². The number of nitrogens with zero attached hydrogens (tertiary/aromatic N) is 9. The number of amides is 3. The van der Waals surface area contributed by atoms with Gasteiger partial charge in [-0.3, -0.25) is 14.4 Å². The first kappa shape index (κ1) is 57.9. The molecule has 3 amide bonds. The van der Waals surface area contributed by atoms with Gasteiger partial charge in [-0.2, -0.15) is 13.2 Å². The molecular formula is C45H48F3N9O12. The monoisotopic (exact) mass is 963 g/mol. The zero-order valence-electron chi connectivity index (χ0n) is 38.6. The zero-order valence-corrected chi connectivity index (χ0v) is 38.6. The van der Waals surface area contributed by atoms with E-state index in [0.29, 0.717) is 22.9 Å². The van der Waals surface area contributed by atoms with Crippen LogP contribution >= 0.6 is 0 Å². The first-order valence-electron chi connectivity index (χ1n) is 19.3. The topological polar surface area (TPSA) is 278 Å². The van der Waals surface area contributed by atoms with E-state index in [-0.39, 0.29) is 34.7 Å². The van der Waals surface area contributed by atoms with Gasteiger partial charge < -0.3 is 44.2 Å². The molecule has 0 spiro atoms. The van der Waals surface area contributed by atoms with E-state index >= 15 is 0 Å². The Balaban J connectivity index is 0.000000415. The number of halogens is 3. The van der Waals surface area contributed by atoms with Gasteiger partial charge in [0, 0.05) is 79.5 Å². The molecule has 3 N–H and O–H groups in total. The molecule has 0 saturated heterocycles. The zero-order chi connectivity index (χ0) is 52.2. The molecule has 0 aliphatic rings. The van der Waals surface area contributed by atoms with Gasteiger partial charge in [0.1, 0.15) is 27.8 Å². The summed E-state index contributed by atoms with van der Waals surface area (Å²) in [7, 11) is 14.3. The van der Waals surface area contributed by atoms with Crippen LogP contribution in [0.5, 0.6) is 17.6 Å². The van der Waals surface area contributed by atoms with Gasteiger partial charge in [0.2, 0.25) is 35.5 Å². The second-order valence-corrected chi connectivity index (χ2v) is 13.2. The summed E-state index contributed by atoms with van der Waals surface area (Å²) in [5.74, 6) is -5.98. The highest BCUT2D eigenvalue weighted by Crippen LogP contribution is 2.16. The summed E-state index contributed by atoms with van der Waals surface area (Å²) in [5.41, 5.74) is 0.243. The lowest BCUT2D eigenvalue weighted by Gasteiger charge is -2.11. The maximum Gasteiger partial charge on any atom is 0.341 e. The van der Waals surface area contributed by atoms with Crippen LogP contribution in [0.25, 0.3) is 0 Å². The second kappa shape index (κ2) is 30.2. The summed E-state index contributed by atoms with van der Waals surface area (Å²) in [5, 5.41) is 25.1. The van der Waals surface area contributed by atoms with Crippen LogP contribution in [-0.4, -0.2) is 159 Å². The van der Waals surface area contributed by atoms with Gasteiger partial charge in [-0.1, -0.05) is 0 Å². The highest BCUT2D eigenvalue weighted by atomic mass is 19.1. The van der Waals surface area contributed by atoms with Crippen molar-refractivity contribution in [3.8, 4) is 17.6 Å². The number of carboxylic acids is 3. The Labute approximate surface area is 393 Å². The third-order valence-electron chi connectivity index (χ3n) is 7.77. The number of carbonyl (C=O) groups is 6. The van der Waals surface area contributed by atoms with E-state index in [4.69, 9.17) is 29.5 Å². The Hall–Kier alpha value is -9.09. The van der Waals surface area contributed by atoms with Crippen LogP contribution < -0.4 is 14.2 Å². The highest BCUT2D eigenvalue weighted by Gasteiger charge is 2.16. The number of methoxy groups -OCH3 is 3. The van der Waals surface area contributed by atoms with Crippen LogP contribution in [0, 0.1) is 17.8 Å². The molecule has 0 radical (unpaired) electrons. The van der Waals surface area contributed by atoms with Crippen molar-refractivity contribution in [2.24, 2.45) is 0 Å². The SMILES string of the molecule is CN(C)C(=O)c1cccnc1F.COc1ncccc1C(=O)N(C)C.COc1ncccc1C(=O)N(C)C.COc1ncccc1C(=O)O.O=C(O)c1cccnc1F.O=C(O)c1cccnc1F. The number of hydrogen-bond acceptors (Lipinski definition) is 15. The van der Waals surface area contributed by atoms with Crippen LogP contribution in [0.1, 0.15) is 62.1 Å². The molecular weight excluding hydrogens is 916 g/mol. The number of hydrogen-bond donors (Lipinski definition) is 3. The van der Waals surface area contributed by atoms with Crippen molar-refractivity contribution < 1.29 is 71.5 Å². The average Bonchev–Trinajstić information content (AvgIpc) is 3.34. The molecule has 6 aromatic rings. The molecule has 21 nitrogen and oxygen atoms in total. The van der Waals surface area contributed by atoms with Crippen LogP contribution in [0.15, 0.2) is 110 Å². The van der Waals surface area contributed by atoms with Crippen molar-refractivity contribution in [3.05, 3.63) is 161 Å². The second-order valence-electron chi connectivity index (χ2n) is 13.2. The van der Waals surface area contributed by atoms with Crippen LogP contribution in [0.2, 0.25) is 0 Å². The Morgan fingerprint density at radius 1 is 0.377 bits per heavy atom. The Morgan fingerprint density at radius 3 is 0.812 bits per heavy atom. The molecule has 6 rings (SSSR count). The summed E-state index contributed by atoms with van der Waals surface area (Å²) in [6.07, 6.45) is 8.35. The van der Waals surface area contributed by atoms with Gasteiger partial charge >= 0.3 is 17.9 Å². The number of carboxylic acid groups (broad SMARTS) is 3. The molecule has 0 aliphatic carbocycles. The van der Waals surface area contributed by atoms with Crippen molar-refractivity contribution in [1.82, 2.24) is 44.6 Å². The predicted octanol–water partition coefficient (Wildman–Crippen LogP) is 5.13. The molecule has 0 saturated carbocycles. The normalized spacial score (nSPS) is 9.39. The van der Waals surface area contributed by atoms with Crippen LogP contribution in [-0.2, 0) is 0 Å². The van der Waals surface area contributed by atoms with E-state index in [1.54, 1.807) is 85.0 Å². The Kier molecular flexibility index (Phi) is 25.3. The molecule has 0 aliphatic heterocycles. The van der Waals surface area contributed by atoms with Crippen molar-refractivity contribution in [1.29, 1.82) is 0 Å². The Bertz CT molecular complexity index is 2520. The van der Waals surface area contributed by atoms with Gasteiger partial charge in [0.25, 0.3) is 17.7 Å². The maximum absolute atomic E-state index is 12.8. The maximum atomic E-state index is 12.8. The molecule has 24 heteroatoms. The average molecular weight is 964 g/mol. The third kappa shape index (κ3) is 19.5. The number of aromatic nitrogens is 6. The summed E-state index contributed by atoms with van der Waals surface area (Å²) >= 11 is 0. The van der Waals surface area contributed by atoms with E-state index in [2.05, 4.69) is 29.9 Å². The molecule has 0 atom stereocenters. The van der Waals surface area contributed by atoms with Crippen molar-refractivity contribution in [2.75, 3.05) is 63.6 Å². The summed E-state index contributed by atoms with van der Waals surface area (Å²) in [6, 6.07) is 17.8. The molecule has 0 unspecified atom stereocenters. The first-order valence-corrected chi connectivity index (χ1v) is 19.3. The predicted molar refractivity (Wildman–Crippen MR) is 240 cm³/mol. The molecule has 0 fully saturated rings. The van der Waals surface area contributed by atoms with Gasteiger partial charge in [0.05, 0.1) is 26.9 Å². The fourth-order valence-electron chi connectivity index (χ4n) is 4.51. The molecule has 0 bridgehead atoms. The fourth-order valence-corrected chi connectivity index (χ4v) is 4.51. The minimum atomic E-state index is -1.30. The van der Waals surface area contributed by atoms with Crippen molar-refractivity contribution in [3.63, 3.8) is 0 Å². The van der Waals surface area contributed by atoms with Crippen molar-refractivity contribution in [2.45, 2.75) is 0 Å². The van der Waals surface area contributed by atoms with Crippen LogP contribution in [0.4, 0.5) is 13.2 Å². The number of rotatable bonds is 9. The summed E-state index contributed by atoms with van der Waals surface area (Å²) in [6.45, 7) is 0. The minimum Gasteiger partial charge on any atom is -0.480 e. The van der Waals surface area contributed by atoms with Gasteiger partial charge in [-0.25, -0.2) is 44.3 Å². The number of carbonyl (C=O) groups excluding carboxylic acids is 3. The van der Waals surface area contributed by atoms with E-state index in [1.165, 1.54) is 91.1 Å². The smallest absolute Gasteiger partial charge is 0.341 e. The lowest BCUT2D eigenvalue weighted by molar-refractivity contribution is 0.0679. The lowest BCUT2D eigenvalue weighted by atomic mass is 10.2. The van der Waals surface area contributed by atoms with Crippen LogP contribution in [0.3, 0.4) is 0 Å². The minimum absolute atomic E-state index is 0.00231. The van der Waals surface area contributed by atoms with E-state index < -0.39 is 46.9 Å². The molecule has 6 heterocycles.